The summed E-state index contributed by atoms with van der Waals surface area (Å²) in [7, 11) is 0. The highest BCUT2D eigenvalue weighted by Gasteiger charge is 2.46. The van der Waals surface area contributed by atoms with Gasteiger partial charge in [-0.05, 0) is 108 Å². The van der Waals surface area contributed by atoms with Gasteiger partial charge < -0.3 is 29.5 Å². The van der Waals surface area contributed by atoms with Crippen LogP contribution in [0.2, 0.25) is 0 Å². The lowest BCUT2D eigenvalue weighted by molar-refractivity contribution is -0.313. The van der Waals surface area contributed by atoms with Crippen molar-refractivity contribution in [3.8, 4) is 0 Å². The number of hydrogen-bond acceptors (Lipinski definition) is 7. The average Bonchev–Trinajstić information content (AvgIpc) is 3.25. The van der Waals surface area contributed by atoms with E-state index in [1.807, 2.05) is 0 Å². The Balaban J connectivity index is 1.44. The van der Waals surface area contributed by atoms with Gasteiger partial charge >= 0.3 is 5.97 Å². The molecule has 0 aromatic heterocycles. The number of ether oxygens (including phenoxy) is 3. The summed E-state index contributed by atoms with van der Waals surface area (Å²) >= 11 is 0. The molecule has 0 amide bonds. The van der Waals surface area contributed by atoms with Crippen LogP contribution in [-0.4, -0.2) is 64.7 Å². The van der Waals surface area contributed by atoms with Gasteiger partial charge in [0.2, 0.25) is 0 Å². The van der Waals surface area contributed by atoms with E-state index >= 15 is 0 Å². The summed E-state index contributed by atoms with van der Waals surface area (Å²) in [6.45, 7) is 26.3. The molecule has 7 nitrogen and oxygen atoms in total. The minimum Gasteiger partial charge on any atom is -0.463 e. The van der Waals surface area contributed by atoms with E-state index in [9.17, 15) is 20.1 Å². The highest BCUT2D eigenvalue weighted by atomic mass is 16.7. The quantitative estimate of drug-likeness (QED) is 0.0451. The molecule has 6 atom stereocenters. The first-order chi connectivity index (χ1) is 32.2. The molecule has 380 valence electrons. The number of aliphatic hydroxyl groups excluding tert-OH is 3. The highest BCUT2D eigenvalue weighted by Crippen LogP contribution is 2.43. The zero-order chi connectivity index (χ0) is 50.3. The van der Waals surface area contributed by atoms with Gasteiger partial charge in [0.15, 0.2) is 6.29 Å². The fourth-order valence-corrected chi connectivity index (χ4v) is 9.69. The molecule has 0 saturated carbocycles. The monoisotopic (exact) mass is 939 g/mol. The summed E-state index contributed by atoms with van der Waals surface area (Å²) in [4.78, 5) is 12.6. The molecule has 1 saturated heterocycles. The van der Waals surface area contributed by atoms with E-state index in [1.54, 1.807) is 0 Å². The SMILES string of the molecule is CC1=C(/C=C/C(C)=C/C=C/C(C)=C/C=C/C=C(C)/C=C/C=C(C)/C=C/C2=C(C)C[C@@H](O[C@@H]3O[C@H](COC(=O)CCCCCCCCCCCC(C)C)[C@@H](O)[C@H](O)[C@H]3O)CC2(C)C)C(C)(C)CCC1. The molecule has 0 bridgehead atoms. The highest BCUT2D eigenvalue weighted by molar-refractivity contribution is 5.69. The minimum atomic E-state index is -1.49. The third-order valence-electron chi connectivity index (χ3n) is 13.9. The number of esters is 1. The zero-order valence-corrected chi connectivity index (χ0v) is 44.6. The van der Waals surface area contributed by atoms with Gasteiger partial charge in [-0.2, -0.15) is 0 Å². The predicted octanol–water partition coefficient (Wildman–Crippen LogP) is 14.9. The molecule has 2 aliphatic carbocycles. The Labute approximate surface area is 414 Å². The number of hydrogen-bond donors (Lipinski definition) is 3. The Morgan fingerprint density at radius 2 is 1.16 bits per heavy atom. The van der Waals surface area contributed by atoms with Crippen LogP contribution < -0.4 is 0 Å². The van der Waals surface area contributed by atoms with Crippen LogP contribution in [0.1, 0.15) is 186 Å². The van der Waals surface area contributed by atoms with Crippen molar-refractivity contribution in [2.45, 2.75) is 223 Å². The van der Waals surface area contributed by atoms with E-state index in [0.717, 1.165) is 36.3 Å². The Morgan fingerprint density at radius 1 is 0.662 bits per heavy atom. The van der Waals surface area contributed by atoms with Crippen LogP contribution >= 0.6 is 0 Å². The number of allylic oxidation sites excluding steroid dienone is 21. The molecule has 3 N–H and O–H groups in total. The molecule has 68 heavy (non-hydrogen) atoms. The molecular formula is C61H94O7. The summed E-state index contributed by atoms with van der Waals surface area (Å²) in [5.74, 6) is 0.436. The topological polar surface area (TPSA) is 105 Å². The fraction of sp³-hybridized carbons (Fsp3) is 0.623. The molecule has 3 rings (SSSR count). The molecule has 7 heteroatoms. The molecule has 0 aromatic rings. The Kier molecular flexibility index (Phi) is 26.1. The second-order valence-corrected chi connectivity index (χ2v) is 21.9. The fourth-order valence-electron chi connectivity index (χ4n) is 9.69. The molecule has 0 spiro atoms. The molecule has 0 aromatic carbocycles. The van der Waals surface area contributed by atoms with E-state index in [0.29, 0.717) is 19.3 Å². The third kappa shape index (κ3) is 21.6. The first kappa shape index (κ1) is 58.7. The first-order valence-electron chi connectivity index (χ1n) is 26.2. The molecule has 3 aliphatic rings. The van der Waals surface area contributed by atoms with Crippen molar-refractivity contribution in [3.63, 3.8) is 0 Å². The van der Waals surface area contributed by atoms with Crippen LogP contribution in [0.25, 0.3) is 0 Å². The Hall–Kier alpha value is -3.59. The predicted molar refractivity (Wildman–Crippen MR) is 285 cm³/mol. The molecule has 1 fully saturated rings. The number of carbonyl (C=O) groups is 1. The van der Waals surface area contributed by atoms with Gasteiger partial charge in [0.05, 0.1) is 6.10 Å². The van der Waals surface area contributed by atoms with E-state index in [-0.39, 0.29) is 29.5 Å². The molecule has 0 unspecified atom stereocenters. The van der Waals surface area contributed by atoms with Gasteiger partial charge in [0, 0.05) is 6.42 Å². The van der Waals surface area contributed by atoms with Crippen molar-refractivity contribution in [2.24, 2.45) is 16.7 Å². The van der Waals surface area contributed by atoms with Gasteiger partial charge in [-0.25, -0.2) is 0 Å². The zero-order valence-electron chi connectivity index (χ0n) is 44.6. The lowest BCUT2D eigenvalue weighted by Gasteiger charge is -2.43. The van der Waals surface area contributed by atoms with Crippen molar-refractivity contribution in [1.29, 1.82) is 0 Å². The normalized spacial score (nSPS) is 25.8. The number of carbonyl (C=O) groups excluding carboxylic acids is 1. The molecule has 0 radical (unpaired) electrons. The van der Waals surface area contributed by atoms with E-state index in [2.05, 4.69) is 168 Å². The lowest BCUT2D eigenvalue weighted by atomic mass is 9.71. The summed E-state index contributed by atoms with van der Waals surface area (Å²) in [5.41, 5.74) is 10.2. The summed E-state index contributed by atoms with van der Waals surface area (Å²) in [6, 6.07) is 0. The van der Waals surface area contributed by atoms with E-state index < -0.39 is 30.7 Å². The van der Waals surface area contributed by atoms with Crippen molar-refractivity contribution in [2.75, 3.05) is 6.61 Å². The number of unbranched alkanes of at least 4 members (excludes halogenated alkanes) is 8. The van der Waals surface area contributed by atoms with Crippen molar-refractivity contribution >= 4 is 5.97 Å². The van der Waals surface area contributed by atoms with Gasteiger partial charge in [-0.15, -0.1) is 0 Å². The summed E-state index contributed by atoms with van der Waals surface area (Å²) in [5, 5.41) is 32.3. The summed E-state index contributed by atoms with van der Waals surface area (Å²) in [6.07, 6.45) is 40.4. The Morgan fingerprint density at radius 3 is 1.69 bits per heavy atom. The minimum absolute atomic E-state index is 0.219. The van der Waals surface area contributed by atoms with Gasteiger partial charge in [0.25, 0.3) is 0 Å². The second-order valence-electron chi connectivity index (χ2n) is 21.9. The third-order valence-corrected chi connectivity index (χ3v) is 13.9. The van der Waals surface area contributed by atoms with Crippen molar-refractivity contribution in [1.82, 2.24) is 0 Å². The van der Waals surface area contributed by atoms with Crippen LogP contribution in [0.3, 0.4) is 0 Å². The second kappa shape index (κ2) is 30.2. The Bertz CT molecular complexity index is 1920. The van der Waals surface area contributed by atoms with E-state index in [4.69, 9.17) is 14.2 Å². The van der Waals surface area contributed by atoms with E-state index in [1.165, 1.54) is 97.6 Å². The summed E-state index contributed by atoms with van der Waals surface area (Å²) < 4.78 is 17.8. The van der Waals surface area contributed by atoms with Crippen LogP contribution in [-0.2, 0) is 19.0 Å². The molecular weight excluding hydrogens is 845 g/mol. The van der Waals surface area contributed by atoms with Gasteiger partial charge in [0.1, 0.15) is 31.0 Å². The lowest BCUT2D eigenvalue weighted by Crippen LogP contribution is -2.60. The first-order valence-corrected chi connectivity index (χ1v) is 26.2. The maximum atomic E-state index is 12.6. The van der Waals surface area contributed by atoms with Crippen molar-refractivity contribution < 1.29 is 34.3 Å². The number of rotatable bonds is 26. The van der Waals surface area contributed by atoms with Crippen LogP contribution in [0.5, 0.6) is 0 Å². The standard InChI is InChI=1S/C61H94O7/c1-44(2)27-20-18-16-14-13-15-17-19-21-35-55(62)66-43-54-56(63)57(64)58(65)59(68-54)67-51-41-50(8)53(61(11,12)42-51)39-37-48(6)33-25-31-46(4)29-23-22-28-45(3)30-24-32-47(5)36-38-52-49(7)34-26-40-60(52,9)10/h22-25,28-33,36-39,44,51,54,56-59,63-65H,13-21,26-27,34-35,40-43H2,1-12H3/b23-22+,30-24+,31-25+,38-36+,39-37+,45-28+,46-29+,47-32+,48-33+/t51-,54-,56-,57+,58-,59-/m1/s1. The average molecular weight is 939 g/mol. The molecule has 1 heterocycles. The smallest absolute Gasteiger partial charge is 0.305 e. The maximum Gasteiger partial charge on any atom is 0.305 e. The maximum absolute atomic E-state index is 12.6. The van der Waals surface area contributed by atoms with Crippen LogP contribution in [0.15, 0.2) is 130 Å². The van der Waals surface area contributed by atoms with Crippen LogP contribution in [0, 0.1) is 16.7 Å². The van der Waals surface area contributed by atoms with Crippen molar-refractivity contribution in [3.05, 3.63) is 130 Å². The van der Waals surface area contributed by atoms with Crippen LogP contribution in [0.4, 0.5) is 0 Å². The number of aliphatic hydroxyl groups is 3. The molecule has 1 aliphatic heterocycles. The van der Waals surface area contributed by atoms with Gasteiger partial charge in [-0.3, -0.25) is 4.79 Å². The van der Waals surface area contributed by atoms with Gasteiger partial charge in [-0.1, -0.05) is 218 Å². The largest absolute Gasteiger partial charge is 0.463 e.